The van der Waals surface area contributed by atoms with Gasteiger partial charge in [-0.05, 0) is 72.4 Å². The number of benzene rings is 1. The molecule has 0 radical (unpaired) electrons. The number of aromatic nitrogens is 4. The fourth-order valence-electron chi connectivity index (χ4n) is 3.53. The van der Waals surface area contributed by atoms with Crippen LogP contribution in [0.3, 0.4) is 0 Å². The lowest BCUT2D eigenvalue weighted by atomic mass is 10.1. The molecule has 0 spiro atoms. The molecule has 1 saturated heterocycles. The Morgan fingerprint density at radius 1 is 1.24 bits per heavy atom. The Bertz CT molecular complexity index is 925. The molecule has 5 nitrogen and oxygen atoms in total. The maximum atomic E-state index is 5.65. The summed E-state index contributed by atoms with van der Waals surface area (Å²) in [6, 6.07) is 11.1. The van der Waals surface area contributed by atoms with Crippen LogP contribution in [0.25, 0.3) is 5.69 Å². The van der Waals surface area contributed by atoms with Crippen LogP contribution in [-0.4, -0.2) is 31.2 Å². The molecule has 1 aliphatic rings. The summed E-state index contributed by atoms with van der Waals surface area (Å²) in [6.45, 7) is 5.93. The number of tetrazole rings is 1. The first-order valence-corrected chi connectivity index (χ1v) is 9.80. The monoisotopic (exact) mass is 371 g/mol. The largest absolute Gasteiger partial charge is 0.276 e. The zero-order valence-corrected chi connectivity index (χ0v) is 16.1. The summed E-state index contributed by atoms with van der Waals surface area (Å²) in [5.41, 5.74) is 3.38. The van der Waals surface area contributed by atoms with Gasteiger partial charge in [0.05, 0.1) is 12.4 Å². The van der Waals surface area contributed by atoms with Crippen LogP contribution in [0.15, 0.2) is 35.7 Å². The second-order valence-electron chi connectivity index (χ2n) is 6.59. The van der Waals surface area contributed by atoms with Crippen LogP contribution < -0.4 is 0 Å². The van der Waals surface area contributed by atoms with Gasteiger partial charge in [-0.15, -0.1) is 11.3 Å². The van der Waals surface area contributed by atoms with E-state index in [-0.39, 0.29) is 0 Å². The number of hydrogen-bond acceptors (Lipinski definition) is 5. The fraction of sp³-hybridized carbons (Fsp3) is 0.389. The number of thiophene rings is 1. The molecule has 1 aromatic carbocycles. The van der Waals surface area contributed by atoms with E-state index in [1.165, 1.54) is 23.3 Å². The first-order chi connectivity index (χ1) is 12.1. The quantitative estimate of drug-likeness (QED) is 0.642. The summed E-state index contributed by atoms with van der Waals surface area (Å²) in [5, 5.41) is 10.8. The molecular weight excluding hydrogens is 350 g/mol. The van der Waals surface area contributed by atoms with E-state index in [1.807, 2.05) is 16.0 Å². The summed E-state index contributed by atoms with van der Waals surface area (Å²) < 4.78 is 4.24. The fourth-order valence-corrected chi connectivity index (χ4v) is 4.65. The summed E-state index contributed by atoms with van der Waals surface area (Å²) in [7, 11) is 0. The molecule has 3 aromatic rings. The van der Waals surface area contributed by atoms with Gasteiger partial charge in [-0.1, -0.05) is 23.8 Å². The molecule has 0 saturated carbocycles. The average Bonchev–Trinajstić information content (AvgIpc) is 3.31. The third-order valence-corrected chi connectivity index (χ3v) is 6.13. The van der Waals surface area contributed by atoms with Crippen molar-refractivity contribution >= 4 is 23.6 Å². The highest BCUT2D eigenvalue weighted by Crippen LogP contribution is 2.34. The van der Waals surface area contributed by atoms with Gasteiger partial charge in [0, 0.05) is 17.5 Å². The van der Waals surface area contributed by atoms with Gasteiger partial charge in [-0.3, -0.25) is 4.90 Å². The van der Waals surface area contributed by atoms with Crippen LogP contribution in [0.2, 0.25) is 0 Å². The van der Waals surface area contributed by atoms with Crippen molar-refractivity contribution in [3.05, 3.63) is 56.5 Å². The maximum Gasteiger partial charge on any atom is 0.221 e. The van der Waals surface area contributed by atoms with Gasteiger partial charge in [0.1, 0.15) is 0 Å². The lowest BCUT2D eigenvalue weighted by molar-refractivity contribution is 0.190. The number of nitrogens with zero attached hydrogens (tertiary/aromatic N) is 5. The molecule has 2 aromatic heterocycles. The van der Waals surface area contributed by atoms with Gasteiger partial charge in [0.25, 0.3) is 0 Å². The highest BCUT2D eigenvalue weighted by Gasteiger charge is 2.27. The van der Waals surface area contributed by atoms with E-state index in [0.717, 1.165) is 17.8 Å². The van der Waals surface area contributed by atoms with Crippen molar-refractivity contribution in [1.29, 1.82) is 0 Å². The first-order valence-electron chi connectivity index (χ1n) is 8.51. The number of likely N-dealkylation sites (tertiary alicyclic amines) is 1. The lowest BCUT2D eigenvalue weighted by Gasteiger charge is -2.22. The molecule has 1 fully saturated rings. The van der Waals surface area contributed by atoms with E-state index >= 15 is 0 Å². The number of rotatable bonds is 4. The van der Waals surface area contributed by atoms with Crippen LogP contribution in [0.5, 0.6) is 0 Å². The third kappa shape index (κ3) is 3.19. The second-order valence-corrected chi connectivity index (χ2v) is 7.93. The molecule has 7 heteroatoms. The summed E-state index contributed by atoms with van der Waals surface area (Å²) in [4.78, 5) is 3.87. The van der Waals surface area contributed by atoms with Gasteiger partial charge in [-0.25, -0.2) is 4.68 Å². The van der Waals surface area contributed by atoms with Gasteiger partial charge in [0.15, 0.2) is 0 Å². The Kier molecular flexibility index (Phi) is 4.54. The Morgan fingerprint density at radius 2 is 2.12 bits per heavy atom. The Balaban J connectivity index is 1.60. The Hall–Kier alpha value is -1.83. The zero-order chi connectivity index (χ0) is 17.4. The Labute approximate surface area is 156 Å². The molecule has 130 valence electrons. The average molecular weight is 372 g/mol. The first kappa shape index (κ1) is 16.6. The predicted molar refractivity (Wildman–Crippen MR) is 103 cm³/mol. The van der Waals surface area contributed by atoms with Crippen molar-refractivity contribution in [3.63, 3.8) is 0 Å². The highest BCUT2D eigenvalue weighted by atomic mass is 32.1. The Morgan fingerprint density at radius 3 is 2.88 bits per heavy atom. The second kappa shape index (κ2) is 6.82. The molecule has 0 amide bonds. The van der Waals surface area contributed by atoms with Crippen molar-refractivity contribution in [2.75, 3.05) is 6.54 Å². The van der Waals surface area contributed by atoms with E-state index in [2.05, 4.69) is 64.9 Å². The normalized spacial score (nSPS) is 18.1. The van der Waals surface area contributed by atoms with E-state index in [1.54, 1.807) is 4.68 Å². The van der Waals surface area contributed by atoms with E-state index < -0.39 is 0 Å². The zero-order valence-electron chi connectivity index (χ0n) is 14.4. The molecule has 4 rings (SSSR count). The number of aryl methyl sites for hydroxylation is 2. The third-order valence-electron chi connectivity index (χ3n) is 4.77. The van der Waals surface area contributed by atoms with Crippen LogP contribution >= 0.6 is 23.6 Å². The molecule has 0 bridgehead atoms. The van der Waals surface area contributed by atoms with E-state index in [0.29, 0.717) is 17.5 Å². The molecule has 0 N–H and O–H groups in total. The predicted octanol–water partition coefficient (Wildman–Crippen LogP) is 4.27. The summed E-state index contributed by atoms with van der Waals surface area (Å²) in [5.74, 6) is 0. The van der Waals surface area contributed by atoms with Crippen molar-refractivity contribution < 1.29 is 0 Å². The molecular formula is C18H21N5S2. The molecule has 25 heavy (non-hydrogen) atoms. The van der Waals surface area contributed by atoms with Gasteiger partial charge >= 0.3 is 0 Å². The van der Waals surface area contributed by atoms with Crippen LogP contribution in [0.4, 0.5) is 0 Å². The van der Waals surface area contributed by atoms with Crippen LogP contribution in [0.1, 0.15) is 34.9 Å². The minimum Gasteiger partial charge on any atom is -0.276 e. The molecule has 1 aliphatic heterocycles. The molecule has 0 unspecified atom stereocenters. The molecule has 1 atom stereocenters. The standard InChI is InChI=1S/C18H21N5S2/c1-13-7-8-15(14(2)11-13)23-18(24)22(19-20-23)12-21-9-3-5-16(21)17-6-4-10-25-17/h4,6-8,10-11,16H,3,5,9,12H2,1-2H3/t16-/m1/s1. The van der Waals surface area contributed by atoms with Gasteiger partial charge in [-0.2, -0.15) is 4.68 Å². The number of hydrogen-bond donors (Lipinski definition) is 0. The summed E-state index contributed by atoms with van der Waals surface area (Å²) in [6.07, 6.45) is 2.40. The highest BCUT2D eigenvalue weighted by molar-refractivity contribution is 7.71. The minimum atomic E-state index is 0.466. The van der Waals surface area contributed by atoms with Crippen molar-refractivity contribution in [3.8, 4) is 5.69 Å². The van der Waals surface area contributed by atoms with E-state index in [9.17, 15) is 0 Å². The summed E-state index contributed by atoms with van der Waals surface area (Å²) >= 11 is 7.48. The van der Waals surface area contributed by atoms with Crippen LogP contribution in [-0.2, 0) is 6.67 Å². The van der Waals surface area contributed by atoms with Gasteiger partial charge in [0.2, 0.25) is 4.77 Å². The smallest absolute Gasteiger partial charge is 0.221 e. The van der Waals surface area contributed by atoms with Gasteiger partial charge < -0.3 is 0 Å². The van der Waals surface area contributed by atoms with E-state index in [4.69, 9.17) is 12.2 Å². The molecule has 3 heterocycles. The van der Waals surface area contributed by atoms with Crippen LogP contribution in [0, 0.1) is 18.6 Å². The minimum absolute atomic E-state index is 0.466. The van der Waals surface area contributed by atoms with Crippen molar-refractivity contribution in [1.82, 2.24) is 24.7 Å². The maximum absolute atomic E-state index is 5.65. The molecule has 0 aliphatic carbocycles. The topological polar surface area (TPSA) is 38.9 Å². The van der Waals surface area contributed by atoms with Crippen molar-refractivity contribution in [2.24, 2.45) is 0 Å². The lowest BCUT2D eigenvalue weighted by Crippen LogP contribution is -2.26. The SMILES string of the molecule is Cc1ccc(-n2nnn(CN3CCC[C@@H]3c3cccs3)c2=S)c(C)c1. The van der Waals surface area contributed by atoms with Crippen molar-refractivity contribution in [2.45, 2.75) is 39.4 Å².